The van der Waals surface area contributed by atoms with Crippen LogP contribution in [0.25, 0.3) is 17.0 Å². The Hall–Kier alpha value is -2.50. The molecule has 1 amide bonds. The number of anilines is 1. The van der Waals surface area contributed by atoms with E-state index in [1.807, 2.05) is 39.0 Å². The second-order valence-electron chi connectivity index (χ2n) is 6.92. The summed E-state index contributed by atoms with van der Waals surface area (Å²) < 4.78 is 10.8. The highest BCUT2D eigenvalue weighted by Crippen LogP contribution is 2.28. The summed E-state index contributed by atoms with van der Waals surface area (Å²) in [5.74, 6) is 0.817. The molecule has 1 aliphatic rings. The number of aromatic nitrogens is 1. The van der Waals surface area contributed by atoms with E-state index in [9.17, 15) is 4.79 Å². The van der Waals surface area contributed by atoms with Gasteiger partial charge in [0.05, 0.1) is 5.39 Å². The maximum absolute atomic E-state index is 12.1. The highest BCUT2D eigenvalue weighted by Gasteiger charge is 2.27. The predicted molar refractivity (Wildman–Crippen MR) is 94.1 cm³/mol. The van der Waals surface area contributed by atoms with E-state index in [4.69, 9.17) is 9.26 Å². The minimum atomic E-state index is -0.475. The number of fused-ring (bicyclic) bond motifs is 1. The summed E-state index contributed by atoms with van der Waals surface area (Å²) in [5, 5.41) is 5.18. The molecular weight excluding hydrogens is 306 g/mol. The largest absolute Gasteiger partial charge is 0.444 e. The standard InChI is InChI=1S/C18H23N3O3/c1-5-13-6-7-15-14(12-13)16(19-24-15)20-8-10-21(11-9-20)17(22)23-18(2,3)4/h5-7,12H,1,8-11H2,2-4H3. The van der Waals surface area contributed by atoms with E-state index >= 15 is 0 Å². The summed E-state index contributed by atoms with van der Waals surface area (Å²) in [4.78, 5) is 16.0. The molecule has 2 aromatic rings. The van der Waals surface area contributed by atoms with Crippen molar-refractivity contribution >= 4 is 29.0 Å². The monoisotopic (exact) mass is 329 g/mol. The van der Waals surface area contributed by atoms with Crippen molar-refractivity contribution in [1.29, 1.82) is 0 Å². The Morgan fingerprint density at radius 3 is 2.62 bits per heavy atom. The Morgan fingerprint density at radius 1 is 1.29 bits per heavy atom. The fraction of sp³-hybridized carbons (Fsp3) is 0.444. The van der Waals surface area contributed by atoms with E-state index in [0.717, 1.165) is 22.4 Å². The fourth-order valence-electron chi connectivity index (χ4n) is 2.73. The topological polar surface area (TPSA) is 58.8 Å². The van der Waals surface area contributed by atoms with Gasteiger partial charge in [0.2, 0.25) is 0 Å². The molecule has 3 rings (SSSR count). The van der Waals surface area contributed by atoms with Crippen LogP contribution in [0.2, 0.25) is 0 Å². The molecule has 0 unspecified atom stereocenters. The van der Waals surface area contributed by atoms with Gasteiger partial charge in [0.15, 0.2) is 11.4 Å². The number of benzene rings is 1. The van der Waals surface area contributed by atoms with Crippen LogP contribution in [0.5, 0.6) is 0 Å². The zero-order valence-electron chi connectivity index (χ0n) is 14.4. The molecule has 24 heavy (non-hydrogen) atoms. The highest BCUT2D eigenvalue weighted by atomic mass is 16.6. The number of carbonyl (C=O) groups excluding carboxylic acids is 1. The van der Waals surface area contributed by atoms with Crippen molar-refractivity contribution in [1.82, 2.24) is 10.1 Å². The first kappa shape index (κ1) is 16.4. The number of carbonyl (C=O) groups is 1. The van der Waals surface area contributed by atoms with Crippen LogP contribution in [0.15, 0.2) is 29.3 Å². The lowest BCUT2D eigenvalue weighted by Gasteiger charge is -2.35. The van der Waals surface area contributed by atoms with E-state index in [0.29, 0.717) is 26.2 Å². The van der Waals surface area contributed by atoms with E-state index in [1.54, 1.807) is 11.0 Å². The van der Waals surface area contributed by atoms with Crippen molar-refractivity contribution in [3.8, 4) is 0 Å². The lowest BCUT2D eigenvalue weighted by Crippen LogP contribution is -2.50. The van der Waals surface area contributed by atoms with Gasteiger partial charge in [-0.15, -0.1) is 0 Å². The number of hydrogen-bond acceptors (Lipinski definition) is 5. The summed E-state index contributed by atoms with van der Waals surface area (Å²) in [5.41, 5.74) is 1.31. The Bertz CT molecular complexity index is 752. The molecule has 0 atom stereocenters. The van der Waals surface area contributed by atoms with Crippen LogP contribution >= 0.6 is 0 Å². The quantitative estimate of drug-likeness (QED) is 0.843. The number of nitrogens with zero attached hydrogens (tertiary/aromatic N) is 3. The van der Waals surface area contributed by atoms with Crippen LogP contribution in [-0.4, -0.2) is 47.9 Å². The molecule has 2 heterocycles. The SMILES string of the molecule is C=Cc1ccc2onc(N3CCN(C(=O)OC(C)(C)C)CC3)c2c1. The third-order valence-electron chi connectivity index (χ3n) is 3.94. The smallest absolute Gasteiger partial charge is 0.410 e. The molecule has 0 radical (unpaired) electrons. The van der Waals surface area contributed by atoms with Gasteiger partial charge in [0.1, 0.15) is 5.60 Å². The molecule has 128 valence electrons. The molecule has 0 bridgehead atoms. The molecule has 6 heteroatoms. The molecule has 1 fully saturated rings. The molecule has 0 saturated carbocycles. The molecule has 6 nitrogen and oxygen atoms in total. The van der Waals surface area contributed by atoms with Crippen molar-refractivity contribution in [2.75, 3.05) is 31.1 Å². The van der Waals surface area contributed by atoms with Gasteiger partial charge in [-0.3, -0.25) is 0 Å². The van der Waals surface area contributed by atoms with Crippen molar-refractivity contribution in [3.63, 3.8) is 0 Å². The average molecular weight is 329 g/mol. The van der Waals surface area contributed by atoms with Gasteiger partial charge in [-0.25, -0.2) is 4.79 Å². The zero-order chi connectivity index (χ0) is 17.3. The van der Waals surface area contributed by atoms with Gasteiger partial charge < -0.3 is 19.1 Å². The Morgan fingerprint density at radius 2 is 2.00 bits per heavy atom. The Balaban J connectivity index is 1.71. The summed E-state index contributed by atoms with van der Waals surface area (Å²) in [6.07, 6.45) is 1.54. The van der Waals surface area contributed by atoms with E-state index < -0.39 is 5.60 Å². The van der Waals surface area contributed by atoms with Gasteiger partial charge >= 0.3 is 6.09 Å². The summed E-state index contributed by atoms with van der Waals surface area (Å²) in [6.45, 7) is 12.0. The Kier molecular flexibility index (Phi) is 4.22. The molecule has 1 aromatic carbocycles. The van der Waals surface area contributed by atoms with E-state index in [1.165, 1.54) is 0 Å². The lowest BCUT2D eigenvalue weighted by molar-refractivity contribution is 0.0240. The van der Waals surface area contributed by atoms with Crippen molar-refractivity contribution in [2.45, 2.75) is 26.4 Å². The van der Waals surface area contributed by atoms with Gasteiger partial charge in [-0.2, -0.15) is 0 Å². The van der Waals surface area contributed by atoms with Crippen molar-refractivity contribution < 1.29 is 14.1 Å². The van der Waals surface area contributed by atoms with E-state index in [2.05, 4.69) is 16.6 Å². The first-order chi connectivity index (χ1) is 11.4. The van der Waals surface area contributed by atoms with Crippen LogP contribution in [0.4, 0.5) is 10.6 Å². The van der Waals surface area contributed by atoms with Crippen LogP contribution < -0.4 is 4.90 Å². The van der Waals surface area contributed by atoms with Gasteiger partial charge in [-0.05, 0) is 38.5 Å². The summed E-state index contributed by atoms with van der Waals surface area (Å²) in [7, 11) is 0. The van der Waals surface area contributed by atoms with Crippen LogP contribution in [-0.2, 0) is 4.74 Å². The molecule has 0 spiro atoms. The number of hydrogen-bond donors (Lipinski definition) is 0. The Labute approximate surface area is 141 Å². The predicted octanol–water partition coefficient (Wildman–Crippen LogP) is 3.53. The number of rotatable bonds is 2. The molecule has 0 aliphatic carbocycles. The van der Waals surface area contributed by atoms with Crippen molar-refractivity contribution in [2.24, 2.45) is 0 Å². The second-order valence-corrected chi connectivity index (χ2v) is 6.92. The normalized spacial score (nSPS) is 15.6. The van der Waals surface area contributed by atoms with Crippen LogP contribution in [0.1, 0.15) is 26.3 Å². The van der Waals surface area contributed by atoms with Crippen LogP contribution in [0, 0.1) is 0 Å². The molecule has 1 aliphatic heterocycles. The zero-order valence-corrected chi connectivity index (χ0v) is 14.4. The minimum Gasteiger partial charge on any atom is -0.444 e. The van der Waals surface area contributed by atoms with E-state index in [-0.39, 0.29) is 6.09 Å². The average Bonchev–Trinajstić information content (AvgIpc) is 2.96. The van der Waals surface area contributed by atoms with Gasteiger partial charge in [0.25, 0.3) is 0 Å². The molecular formula is C18H23N3O3. The molecule has 1 saturated heterocycles. The van der Waals surface area contributed by atoms with Gasteiger partial charge in [-0.1, -0.05) is 23.9 Å². The maximum Gasteiger partial charge on any atom is 0.410 e. The maximum atomic E-state index is 12.1. The number of amides is 1. The fourth-order valence-corrected chi connectivity index (χ4v) is 2.73. The summed E-state index contributed by atoms with van der Waals surface area (Å²) >= 11 is 0. The lowest BCUT2D eigenvalue weighted by atomic mass is 10.1. The number of ether oxygens (including phenoxy) is 1. The van der Waals surface area contributed by atoms with Crippen LogP contribution in [0.3, 0.4) is 0 Å². The molecule has 0 N–H and O–H groups in total. The third-order valence-corrected chi connectivity index (χ3v) is 3.94. The second kappa shape index (κ2) is 6.19. The van der Waals surface area contributed by atoms with Gasteiger partial charge in [0, 0.05) is 26.2 Å². The molecule has 1 aromatic heterocycles. The van der Waals surface area contributed by atoms with Crippen molar-refractivity contribution in [3.05, 3.63) is 30.3 Å². The first-order valence-corrected chi connectivity index (χ1v) is 8.12. The summed E-state index contributed by atoms with van der Waals surface area (Å²) in [6, 6.07) is 5.87. The third kappa shape index (κ3) is 3.37. The highest BCUT2D eigenvalue weighted by molar-refractivity contribution is 5.90. The first-order valence-electron chi connectivity index (χ1n) is 8.12. The minimum absolute atomic E-state index is 0.263. The number of piperazine rings is 1.